The topological polar surface area (TPSA) is 0 Å². The van der Waals surface area contributed by atoms with Crippen LogP contribution in [0.4, 0.5) is 0 Å². The van der Waals surface area contributed by atoms with Gasteiger partial charge in [0.05, 0.1) is 0 Å². The van der Waals surface area contributed by atoms with Gasteiger partial charge in [0.2, 0.25) is 0 Å². The molecule has 2 aromatic rings. The summed E-state index contributed by atoms with van der Waals surface area (Å²) < 4.78 is 0. The van der Waals surface area contributed by atoms with E-state index in [1.165, 1.54) is 22.3 Å². The second-order valence-electron chi connectivity index (χ2n) is 5.46. The third kappa shape index (κ3) is 15.3. The predicted octanol–water partition coefficient (Wildman–Crippen LogP) is 8.71. The Morgan fingerprint density at radius 1 is 0.458 bits per heavy atom. The summed E-state index contributed by atoms with van der Waals surface area (Å²) in [6.45, 7) is 22.7. The average molecular weight is 331 g/mol. The summed E-state index contributed by atoms with van der Waals surface area (Å²) in [5, 5.41) is 0. The fourth-order valence-corrected chi connectivity index (χ4v) is 1.49. The molecule has 0 heterocycles. The monoisotopic (exact) mass is 330 g/mol. The molecule has 0 aromatic heterocycles. The summed E-state index contributed by atoms with van der Waals surface area (Å²) in [4.78, 5) is 0. The molecular formula is C24H42. The fraction of sp³-hybridized carbons (Fsp3) is 0.500. The Kier molecular flexibility index (Phi) is 22.2. The van der Waals surface area contributed by atoms with Crippen molar-refractivity contribution in [1.82, 2.24) is 0 Å². The van der Waals surface area contributed by atoms with E-state index >= 15 is 0 Å². The largest absolute Gasteiger partial charge is 0.0683 e. The first-order valence-electron chi connectivity index (χ1n) is 9.62. The maximum Gasteiger partial charge on any atom is -0.0184 e. The molecule has 0 aliphatic rings. The zero-order chi connectivity index (χ0) is 19.5. The summed E-state index contributed by atoms with van der Waals surface area (Å²) in [6, 6.07) is 17.3. The highest BCUT2D eigenvalue weighted by atomic mass is 14.0. The van der Waals surface area contributed by atoms with Gasteiger partial charge in [0.1, 0.15) is 0 Å². The van der Waals surface area contributed by atoms with Crippen molar-refractivity contribution in [2.45, 2.75) is 76.2 Å². The number of benzene rings is 2. The molecule has 0 atom stereocenters. The molecule has 0 heteroatoms. The molecule has 0 spiro atoms. The maximum atomic E-state index is 2.17. The molecule has 138 valence electrons. The Morgan fingerprint density at radius 3 is 0.792 bits per heavy atom. The van der Waals surface area contributed by atoms with Crippen LogP contribution in [-0.4, -0.2) is 0 Å². The van der Waals surface area contributed by atoms with Gasteiger partial charge in [0, 0.05) is 0 Å². The normalized spacial score (nSPS) is 8.17. The lowest BCUT2D eigenvalue weighted by atomic mass is 10.0. The van der Waals surface area contributed by atoms with Crippen LogP contribution in [0.1, 0.15) is 73.4 Å². The van der Waals surface area contributed by atoms with E-state index < -0.39 is 0 Å². The minimum absolute atomic E-state index is 0.833. The zero-order valence-electron chi connectivity index (χ0n) is 18.2. The fourth-order valence-electron chi connectivity index (χ4n) is 1.49. The molecule has 0 fully saturated rings. The van der Waals surface area contributed by atoms with E-state index in [1.54, 1.807) is 0 Å². The number of aryl methyl sites for hydroxylation is 2. The van der Waals surface area contributed by atoms with Crippen LogP contribution in [0.25, 0.3) is 11.1 Å². The summed E-state index contributed by atoms with van der Waals surface area (Å²) in [5.74, 6) is 0.833. The molecule has 0 bridgehead atoms. The van der Waals surface area contributed by atoms with Gasteiger partial charge >= 0.3 is 0 Å². The smallest absolute Gasteiger partial charge is 0.0184 e. The second kappa shape index (κ2) is 19.5. The number of hydrogen-bond acceptors (Lipinski definition) is 0. The Morgan fingerprint density at radius 2 is 0.625 bits per heavy atom. The highest BCUT2D eigenvalue weighted by Gasteiger charge is 1.95. The van der Waals surface area contributed by atoms with Crippen LogP contribution in [0.3, 0.4) is 0 Å². The van der Waals surface area contributed by atoms with Gasteiger partial charge in [-0.3, -0.25) is 0 Å². The zero-order valence-corrected chi connectivity index (χ0v) is 18.2. The summed E-state index contributed by atoms with van der Waals surface area (Å²) in [5.41, 5.74) is 5.19. The van der Waals surface area contributed by atoms with Crippen LogP contribution in [0.15, 0.2) is 48.5 Å². The van der Waals surface area contributed by atoms with Gasteiger partial charge in [0.25, 0.3) is 0 Å². The van der Waals surface area contributed by atoms with Crippen molar-refractivity contribution in [3.63, 3.8) is 0 Å². The van der Waals surface area contributed by atoms with E-state index in [-0.39, 0.29) is 0 Å². The van der Waals surface area contributed by atoms with Crippen molar-refractivity contribution in [2.75, 3.05) is 0 Å². The predicted molar refractivity (Wildman–Crippen MR) is 116 cm³/mol. The van der Waals surface area contributed by atoms with Gasteiger partial charge in [-0.25, -0.2) is 0 Å². The highest BCUT2D eigenvalue weighted by Crippen LogP contribution is 2.19. The molecule has 0 nitrogen and oxygen atoms in total. The third-order valence-corrected chi connectivity index (χ3v) is 2.44. The highest BCUT2D eigenvalue weighted by molar-refractivity contribution is 5.63. The molecular weight excluding hydrogens is 288 g/mol. The summed E-state index contributed by atoms with van der Waals surface area (Å²) in [7, 11) is 0. The van der Waals surface area contributed by atoms with Crippen LogP contribution < -0.4 is 0 Å². The SMILES string of the molecule is CC.CC.CC.CC(C)C.Cc1ccc(-c2ccc(C)cc2)cc1. The van der Waals surface area contributed by atoms with Crippen molar-refractivity contribution >= 4 is 0 Å². The van der Waals surface area contributed by atoms with Crippen molar-refractivity contribution in [3.8, 4) is 11.1 Å². The van der Waals surface area contributed by atoms with Gasteiger partial charge < -0.3 is 0 Å². The lowest BCUT2D eigenvalue weighted by Gasteiger charge is -2.02. The maximum absolute atomic E-state index is 2.17. The molecule has 0 unspecified atom stereocenters. The molecule has 0 N–H and O–H groups in total. The standard InChI is InChI=1S/C14H14.C4H10.3C2H6/c1-11-3-7-13(8-4-11)14-9-5-12(2)6-10-14;1-4(2)3;3*1-2/h3-10H,1-2H3;4H,1-3H3;3*1-2H3. The second-order valence-corrected chi connectivity index (χ2v) is 5.46. The van der Waals surface area contributed by atoms with Crippen LogP contribution in [-0.2, 0) is 0 Å². The van der Waals surface area contributed by atoms with Crippen LogP contribution in [0, 0.1) is 19.8 Å². The Labute approximate surface area is 153 Å². The molecule has 0 saturated carbocycles. The first-order chi connectivity index (χ1) is 11.5. The quantitative estimate of drug-likeness (QED) is 0.490. The van der Waals surface area contributed by atoms with Crippen molar-refractivity contribution in [1.29, 1.82) is 0 Å². The van der Waals surface area contributed by atoms with Crippen LogP contribution >= 0.6 is 0 Å². The lowest BCUT2D eigenvalue weighted by Crippen LogP contribution is -1.78. The number of hydrogen-bond donors (Lipinski definition) is 0. The van der Waals surface area contributed by atoms with Crippen LogP contribution in [0.5, 0.6) is 0 Å². The molecule has 0 radical (unpaired) electrons. The van der Waals surface area contributed by atoms with Crippen molar-refractivity contribution in [2.24, 2.45) is 5.92 Å². The van der Waals surface area contributed by atoms with E-state index in [9.17, 15) is 0 Å². The first kappa shape index (κ1) is 27.3. The molecule has 0 amide bonds. The minimum Gasteiger partial charge on any atom is -0.0683 e. The first-order valence-corrected chi connectivity index (χ1v) is 9.62. The molecule has 0 saturated heterocycles. The lowest BCUT2D eigenvalue weighted by molar-refractivity contribution is 0.737. The Hall–Kier alpha value is -1.56. The molecule has 24 heavy (non-hydrogen) atoms. The average Bonchev–Trinajstić information content (AvgIpc) is 2.61. The molecule has 2 aromatic carbocycles. The Bertz CT molecular complexity index is 400. The molecule has 0 aliphatic carbocycles. The van der Waals surface area contributed by atoms with E-state index in [2.05, 4.69) is 83.1 Å². The molecule has 2 rings (SSSR count). The minimum atomic E-state index is 0.833. The van der Waals surface area contributed by atoms with E-state index in [0.717, 1.165) is 5.92 Å². The van der Waals surface area contributed by atoms with Crippen LogP contribution in [0.2, 0.25) is 0 Å². The Balaban J connectivity index is -0.000000375. The molecule has 0 aliphatic heterocycles. The van der Waals surface area contributed by atoms with E-state index in [1.807, 2.05) is 41.5 Å². The summed E-state index contributed by atoms with van der Waals surface area (Å²) >= 11 is 0. The van der Waals surface area contributed by atoms with Crippen molar-refractivity contribution in [3.05, 3.63) is 59.7 Å². The van der Waals surface area contributed by atoms with Gasteiger partial charge in [0.15, 0.2) is 0 Å². The summed E-state index contributed by atoms with van der Waals surface area (Å²) in [6.07, 6.45) is 0. The van der Waals surface area contributed by atoms with Gasteiger partial charge in [-0.05, 0) is 30.9 Å². The van der Waals surface area contributed by atoms with E-state index in [0.29, 0.717) is 0 Å². The van der Waals surface area contributed by atoms with E-state index in [4.69, 9.17) is 0 Å². The van der Waals surface area contributed by atoms with Gasteiger partial charge in [-0.2, -0.15) is 0 Å². The van der Waals surface area contributed by atoms with Gasteiger partial charge in [-0.15, -0.1) is 0 Å². The van der Waals surface area contributed by atoms with Crippen molar-refractivity contribution < 1.29 is 0 Å². The number of rotatable bonds is 1. The third-order valence-electron chi connectivity index (χ3n) is 2.44. The van der Waals surface area contributed by atoms with Gasteiger partial charge in [-0.1, -0.05) is 122 Å².